The second kappa shape index (κ2) is 13.0. The van der Waals surface area contributed by atoms with Gasteiger partial charge in [0, 0.05) is 13.1 Å². The Hall–Kier alpha value is -2.46. The number of hydrogen-bond donors (Lipinski definition) is 3. The Labute approximate surface area is 144 Å². The van der Waals surface area contributed by atoms with Crippen molar-refractivity contribution in [2.24, 2.45) is 11.5 Å². The van der Waals surface area contributed by atoms with Crippen molar-refractivity contribution in [3.63, 3.8) is 0 Å². The van der Waals surface area contributed by atoms with Gasteiger partial charge in [0.25, 0.3) is 0 Å². The van der Waals surface area contributed by atoms with Crippen molar-refractivity contribution in [3.8, 4) is 0 Å². The quantitative estimate of drug-likeness (QED) is 0.691. The van der Waals surface area contributed by atoms with E-state index >= 15 is 0 Å². The SMILES string of the molecule is NCc1ccccc1.NCc1ccccc1.OCc1ccccc1. The highest BCUT2D eigenvalue weighted by atomic mass is 16.3. The predicted molar refractivity (Wildman–Crippen MR) is 101 cm³/mol. The molecule has 0 radical (unpaired) electrons. The van der Waals surface area contributed by atoms with Crippen molar-refractivity contribution in [1.82, 2.24) is 0 Å². The van der Waals surface area contributed by atoms with E-state index in [9.17, 15) is 0 Å². The van der Waals surface area contributed by atoms with Crippen LogP contribution in [0.25, 0.3) is 0 Å². The molecule has 0 aliphatic rings. The van der Waals surface area contributed by atoms with Gasteiger partial charge in [0.15, 0.2) is 0 Å². The van der Waals surface area contributed by atoms with Gasteiger partial charge in [-0.1, -0.05) is 91.0 Å². The van der Waals surface area contributed by atoms with Crippen LogP contribution in [-0.4, -0.2) is 5.11 Å². The van der Waals surface area contributed by atoms with E-state index in [0.717, 1.165) is 5.56 Å². The highest BCUT2D eigenvalue weighted by molar-refractivity contribution is 5.14. The Morgan fingerprint density at radius 3 is 0.958 bits per heavy atom. The maximum atomic E-state index is 8.54. The third-order valence-electron chi connectivity index (χ3n) is 3.18. The fraction of sp³-hybridized carbons (Fsp3) is 0.143. The summed E-state index contributed by atoms with van der Waals surface area (Å²) in [5, 5.41) is 8.54. The van der Waals surface area contributed by atoms with Gasteiger partial charge in [-0.05, 0) is 16.7 Å². The topological polar surface area (TPSA) is 72.3 Å². The van der Waals surface area contributed by atoms with Gasteiger partial charge in [-0.2, -0.15) is 0 Å². The minimum Gasteiger partial charge on any atom is -0.392 e. The highest BCUT2D eigenvalue weighted by Gasteiger charge is 1.81. The molecule has 3 heteroatoms. The molecule has 0 aromatic heterocycles. The van der Waals surface area contributed by atoms with E-state index < -0.39 is 0 Å². The lowest BCUT2D eigenvalue weighted by atomic mass is 10.2. The summed E-state index contributed by atoms with van der Waals surface area (Å²) in [7, 11) is 0. The fourth-order valence-electron chi connectivity index (χ4n) is 1.81. The largest absolute Gasteiger partial charge is 0.392 e. The maximum Gasteiger partial charge on any atom is 0.0681 e. The zero-order valence-corrected chi connectivity index (χ0v) is 13.9. The van der Waals surface area contributed by atoms with E-state index in [1.807, 2.05) is 91.0 Å². The Bertz CT molecular complexity index is 534. The van der Waals surface area contributed by atoms with Crippen molar-refractivity contribution in [1.29, 1.82) is 0 Å². The summed E-state index contributed by atoms with van der Waals surface area (Å²) in [4.78, 5) is 0. The Morgan fingerprint density at radius 2 is 0.792 bits per heavy atom. The zero-order chi connectivity index (χ0) is 17.5. The molecule has 0 saturated heterocycles. The van der Waals surface area contributed by atoms with Crippen molar-refractivity contribution in [2.45, 2.75) is 19.7 Å². The molecule has 0 aliphatic heterocycles. The van der Waals surface area contributed by atoms with E-state index in [1.165, 1.54) is 11.1 Å². The van der Waals surface area contributed by atoms with Crippen molar-refractivity contribution in [3.05, 3.63) is 108 Å². The van der Waals surface area contributed by atoms with E-state index in [4.69, 9.17) is 16.6 Å². The molecule has 24 heavy (non-hydrogen) atoms. The van der Waals surface area contributed by atoms with Crippen LogP contribution in [0.5, 0.6) is 0 Å². The normalized spacial score (nSPS) is 9.12. The summed E-state index contributed by atoms with van der Waals surface area (Å²) in [6.45, 7) is 1.42. The lowest BCUT2D eigenvalue weighted by molar-refractivity contribution is 0.282. The number of rotatable bonds is 3. The molecule has 0 spiro atoms. The van der Waals surface area contributed by atoms with Crippen LogP contribution in [0.1, 0.15) is 16.7 Å². The molecule has 3 nitrogen and oxygen atoms in total. The lowest BCUT2D eigenvalue weighted by Gasteiger charge is -1.90. The minimum absolute atomic E-state index is 0.140. The first kappa shape index (κ1) is 19.6. The number of nitrogens with two attached hydrogens (primary N) is 2. The number of aliphatic hydroxyl groups is 1. The number of benzene rings is 3. The average molecular weight is 322 g/mol. The van der Waals surface area contributed by atoms with Crippen LogP contribution in [0.3, 0.4) is 0 Å². The predicted octanol–water partition coefficient (Wildman–Crippen LogP) is 3.47. The molecule has 5 N–H and O–H groups in total. The van der Waals surface area contributed by atoms with E-state index in [0.29, 0.717) is 13.1 Å². The molecule has 0 heterocycles. The molecule has 0 saturated carbocycles. The first-order valence-corrected chi connectivity index (χ1v) is 7.93. The molecule has 3 aromatic carbocycles. The third kappa shape index (κ3) is 8.86. The Kier molecular flexibility index (Phi) is 10.6. The average Bonchev–Trinajstić information content (AvgIpc) is 2.71. The van der Waals surface area contributed by atoms with Crippen molar-refractivity contribution >= 4 is 0 Å². The molecule has 0 amide bonds. The van der Waals surface area contributed by atoms with Gasteiger partial charge in [-0.3, -0.25) is 0 Å². The molecule has 0 aliphatic carbocycles. The number of hydrogen-bond acceptors (Lipinski definition) is 3. The number of aliphatic hydroxyl groups excluding tert-OH is 1. The second-order valence-electron chi connectivity index (χ2n) is 5.02. The van der Waals surface area contributed by atoms with Gasteiger partial charge in [0.05, 0.1) is 6.61 Å². The standard InChI is InChI=1S/2C7H9N.C7H8O/c3*8-6-7-4-2-1-3-5-7/h2*1-5H,6,8H2;1-5,8H,6H2. The monoisotopic (exact) mass is 322 g/mol. The minimum atomic E-state index is 0.140. The summed E-state index contributed by atoms with van der Waals surface area (Å²) >= 11 is 0. The molecule has 3 rings (SSSR count). The maximum absolute atomic E-state index is 8.54. The summed E-state index contributed by atoms with van der Waals surface area (Å²) in [5.41, 5.74) is 14.0. The Morgan fingerprint density at radius 1 is 0.500 bits per heavy atom. The molecule has 3 aromatic rings. The first-order chi connectivity index (χ1) is 11.8. The van der Waals surface area contributed by atoms with Gasteiger partial charge < -0.3 is 16.6 Å². The van der Waals surface area contributed by atoms with Crippen molar-refractivity contribution in [2.75, 3.05) is 0 Å². The van der Waals surface area contributed by atoms with Crippen LogP contribution in [0.2, 0.25) is 0 Å². The summed E-state index contributed by atoms with van der Waals surface area (Å²) < 4.78 is 0. The molecule has 126 valence electrons. The second-order valence-corrected chi connectivity index (χ2v) is 5.02. The van der Waals surface area contributed by atoms with Gasteiger partial charge in [-0.15, -0.1) is 0 Å². The molecular weight excluding hydrogens is 296 g/mol. The highest BCUT2D eigenvalue weighted by Crippen LogP contribution is 1.96. The van der Waals surface area contributed by atoms with Crippen LogP contribution < -0.4 is 11.5 Å². The summed E-state index contributed by atoms with van der Waals surface area (Å²) in [5.74, 6) is 0. The summed E-state index contributed by atoms with van der Waals surface area (Å²) in [6, 6.07) is 29.5. The first-order valence-electron chi connectivity index (χ1n) is 7.93. The summed E-state index contributed by atoms with van der Waals surface area (Å²) in [6.07, 6.45) is 0. The van der Waals surface area contributed by atoms with E-state index in [2.05, 4.69) is 0 Å². The van der Waals surface area contributed by atoms with Crippen LogP contribution in [0, 0.1) is 0 Å². The van der Waals surface area contributed by atoms with E-state index in [1.54, 1.807) is 0 Å². The van der Waals surface area contributed by atoms with Gasteiger partial charge in [0.2, 0.25) is 0 Å². The molecular formula is C21H26N2O. The fourth-order valence-corrected chi connectivity index (χ4v) is 1.81. The van der Waals surface area contributed by atoms with Crippen LogP contribution in [-0.2, 0) is 19.7 Å². The van der Waals surface area contributed by atoms with Gasteiger partial charge >= 0.3 is 0 Å². The van der Waals surface area contributed by atoms with E-state index in [-0.39, 0.29) is 6.61 Å². The van der Waals surface area contributed by atoms with Gasteiger partial charge in [-0.25, -0.2) is 0 Å². The molecule has 0 fully saturated rings. The molecule has 0 unspecified atom stereocenters. The van der Waals surface area contributed by atoms with Crippen LogP contribution in [0.4, 0.5) is 0 Å². The molecule has 0 atom stereocenters. The van der Waals surface area contributed by atoms with Crippen LogP contribution >= 0.6 is 0 Å². The smallest absolute Gasteiger partial charge is 0.0681 e. The Balaban J connectivity index is 0.000000180. The molecule has 0 bridgehead atoms. The lowest BCUT2D eigenvalue weighted by Crippen LogP contribution is -1.94. The zero-order valence-electron chi connectivity index (χ0n) is 13.9. The van der Waals surface area contributed by atoms with Crippen LogP contribution in [0.15, 0.2) is 91.0 Å². The third-order valence-corrected chi connectivity index (χ3v) is 3.18. The van der Waals surface area contributed by atoms with Crippen molar-refractivity contribution < 1.29 is 5.11 Å². The van der Waals surface area contributed by atoms with Gasteiger partial charge in [0.1, 0.15) is 0 Å².